The maximum absolute atomic E-state index is 12.0. The van der Waals surface area contributed by atoms with Gasteiger partial charge in [0.2, 0.25) is 5.91 Å². The van der Waals surface area contributed by atoms with Gasteiger partial charge in [0, 0.05) is 12.5 Å². The molecule has 4 saturated carbocycles. The lowest BCUT2D eigenvalue weighted by molar-refractivity contribution is -0.125. The van der Waals surface area contributed by atoms with E-state index < -0.39 is 0 Å². The second kappa shape index (κ2) is 5.20. The summed E-state index contributed by atoms with van der Waals surface area (Å²) in [7, 11) is 1.94. The summed E-state index contributed by atoms with van der Waals surface area (Å²) in [6.45, 7) is 0.940. The predicted octanol–water partition coefficient (Wildman–Crippen LogP) is 1.93. The Bertz CT molecular complexity index is 288. The lowest BCUT2D eigenvalue weighted by atomic mass is 9.54. The van der Waals surface area contributed by atoms with Gasteiger partial charge in [-0.2, -0.15) is 0 Å². The first-order valence-corrected chi connectivity index (χ1v) is 7.70. The third-order valence-electron chi connectivity index (χ3n) is 5.39. The van der Waals surface area contributed by atoms with E-state index in [0.29, 0.717) is 12.5 Å². The molecule has 18 heavy (non-hydrogen) atoms. The molecule has 2 N–H and O–H groups in total. The molecule has 0 spiro atoms. The molecule has 0 aliphatic heterocycles. The molecule has 3 heteroatoms. The van der Waals surface area contributed by atoms with Gasteiger partial charge in [-0.1, -0.05) is 0 Å². The summed E-state index contributed by atoms with van der Waals surface area (Å²) < 4.78 is 0. The summed E-state index contributed by atoms with van der Waals surface area (Å²) in [6.07, 6.45) is 8.65. The van der Waals surface area contributed by atoms with Crippen LogP contribution < -0.4 is 10.6 Å². The third-order valence-corrected chi connectivity index (χ3v) is 5.39. The highest BCUT2D eigenvalue weighted by Crippen LogP contribution is 2.53. The number of carbonyl (C=O) groups excluding carboxylic acids is 1. The Hall–Kier alpha value is -0.570. The highest BCUT2D eigenvalue weighted by atomic mass is 16.1. The summed E-state index contributed by atoms with van der Waals surface area (Å²) >= 11 is 0. The maximum Gasteiger partial charge on any atom is 0.220 e. The smallest absolute Gasteiger partial charge is 0.220 e. The molecule has 1 amide bonds. The standard InChI is InChI=1S/C15H26N2O/c1-16-4-2-3-14(18)17-15-12-6-10-5-11(8-12)9-13(15)7-10/h10-13,15-16H,2-9H2,1H3,(H,17,18). The molecule has 4 bridgehead atoms. The van der Waals surface area contributed by atoms with Crippen LogP contribution in [0.3, 0.4) is 0 Å². The van der Waals surface area contributed by atoms with Crippen molar-refractivity contribution in [2.75, 3.05) is 13.6 Å². The molecule has 4 aliphatic rings. The van der Waals surface area contributed by atoms with Gasteiger partial charge in [-0.3, -0.25) is 4.79 Å². The summed E-state index contributed by atoms with van der Waals surface area (Å²) in [4.78, 5) is 12.0. The fourth-order valence-electron chi connectivity index (χ4n) is 4.84. The van der Waals surface area contributed by atoms with Crippen LogP contribution in [0, 0.1) is 23.7 Å². The average molecular weight is 250 g/mol. The molecular weight excluding hydrogens is 224 g/mol. The molecule has 4 fully saturated rings. The van der Waals surface area contributed by atoms with E-state index in [1.54, 1.807) is 0 Å². The minimum atomic E-state index is 0.280. The number of hydrogen-bond acceptors (Lipinski definition) is 2. The van der Waals surface area contributed by atoms with Gasteiger partial charge < -0.3 is 10.6 Å². The second-order valence-corrected chi connectivity index (χ2v) is 6.73. The molecule has 0 radical (unpaired) electrons. The van der Waals surface area contributed by atoms with Gasteiger partial charge in [0.1, 0.15) is 0 Å². The molecular formula is C15H26N2O. The Kier molecular flexibility index (Phi) is 3.60. The zero-order valence-electron chi connectivity index (χ0n) is 11.5. The zero-order chi connectivity index (χ0) is 12.5. The van der Waals surface area contributed by atoms with E-state index in [0.717, 1.165) is 36.6 Å². The van der Waals surface area contributed by atoms with Crippen molar-refractivity contribution in [3.05, 3.63) is 0 Å². The van der Waals surface area contributed by atoms with E-state index in [1.165, 1.54) is 32.1 Å². The fourth-order valence-corrected chi connectivity index (χ4v) is 4.84. The summed E-state index contributed by atoms with van der Waals surface area (Å²) in [5, 5.41) is 6.45. The molecule has 3 nitrogen and oxygen atoms in total. The lowest BCUT2D eigenvalue weighted by Gasteiger charge is -2.54. The maximum atomic E-state index is 12.0. The van der Waals surface area contributed by atoms with E-state index in [1.807, 2.05) is 7.05 Å². The van der Waals surface area contributed by atoms with Crippen molar-refractivity contribution in [2.24, 2.45) is 23.7 Å². The monoisotopic (exact) mass is 250 g/mol. The van der Waals surface area contributed by atoms with Crippen LogP contribution in [-0.4, -0.2) is 25.5 Å². The van der Waals surface area contributed by atoms with Crippen molar-refractivity contribution < 1.29 is 4.79 Å². The zero-order valence-corrected chi connectivity index (χ0v) is 11.5. The van der Waals surface area contributed by atoms with Crippen molar-refractivity contribution in [3.63, 3.8) is 0 Å². The van der Waals surface area contributed by atoms with E-state index in [-0.39, 0.29) is 5.91 Å². The van der Waals surface area contributed by atoms with Crippen molar-refractivity contribution in [3.8, 4) is 0 Å². The SMILES string of the molecule is CNCCCC(=O)NC1C2CC3CC(C2)CC1C3. The van der Waals surface area contributed by atoms with Crippen molar-refractivity contribution in [2.45, 2.75) is 51.0 Å². The summed E-state index contributed by atoms with van der Waals surface area (Å²) in [5.41, 5.74) is 0. The predicted molar refractivity (Wildman–Crippen MR) is 72.1 cm³/mol. The minimum absolute atomic E-state index is 0.280. The molecule has 0 aromatic carbocycles. The fraction of sp³-hybridized carbons (Fsp3) is 0.933. The minimum Gasteiger partial charge on any atom is -0.353 e. The quantitative estimate of drug-likeness (QED) is 0.732. The first-order chi connectivity index (χ1) is 8.76. The van der Waals surface area contributed by atoms with Crippen LogP contribution in [0.15, 0.2) is 0 Å². The number of hydrogen-bond donors (Lipinski definition) is 2. The van der Waals surface area contributed by atoms with Gasteiger partial charge in [0.05, 0.1) is 0 Å². The lowest BCUT2D eigenvalue weighted by Crippen LogP contribution is -2.55. The molecule has 102 valence electrons. The van der Waals surface area contributed by atoms with Crippen molar-refractivity contribution >= 4 is 5.91 Å². The molecule has 0 atom stereocenters. The molecule has 4 aliphatic carbocycles. The van der Waals surface area contributed by atoms with Crippen LogP contribution in [-0.2, 0) is 4.79 Å². The van der Waals surface area contributed by atoms with E-state index >= 15 is 0 Å². The van der Waals surface area contributed by atoms with Gasteiger partial charge in [0.25, 0.3) is 0 Å². The second-order valence-electron chi connectivity index (χ2n) is 6.73. The van der Waals surface area contributed by atoms with Crippen molar-refractivity contribution in [1.82, 2.24) is 10.6 Å². The number of amides is 1. The van der Waals surface area contributed by atoms with Gasteiger partial charge in [-0.15, -0.1) is 0 Å². The van der Waals surface area contributed by atoms with E-state index in [9.17, 15) is 4.79 Å². The highest BCUT2D eigenvalue weighted by Gasteiger charge is 2.48. The molecule has 0 heterocycles. The molecule has 0 saturated heterocycles. The highest BCUT2D eigenvalue weighted by molar-refractivity contribution is 5.76. The first-order valence-electron chi connectivity index (χ1n) is 7.70. The topological polar surface area (TPSA) is 41.1 Å². The van der Waals surface area contributed by atoms with E-state index in [2.05, 4.69) is 10.6 Å². The third kappa shape index (κ3) is 2.42. The Labute approximate surface area is 110 Å². The van der Waals surface area contributed by atoms with Crippen LogP contribution in [0.2, 0.25) is 0 Å². The van der Waals surface area contributed by atoms with Gasteiger partial charge in [0.15, 0.2) is 0 Å². The normalized spacial score (nSPS) is 41.1. The summed E-state index contributed by atoms with van der Waals surface area (Å²) in [5.74, 6) is 3.86. The molecule has 0 unspecified atom stereocenters. The van der Waals surface area contributed by atoms with Crippen LogP contribution in [0.25, 0.3) is 0 Å². The Morgan fingerprint density at radius 1 is 1.06 bits per heavy atom. The van der Waals surface area contributed by atoms with Crippen molar-refractivity contribution in [1.29, 1.82) is 0 Å². The molecule has 0 aromatic heterocycles. The number of rotatable bonds is 5. The Balaban J connectivity index is 1.52. The molecule has 0 aromatic rings. The van der Waals surface area contributed by atoms with Crippen LogP contribution in [0.1, 0.15) is 44.9 Å². The van der Waals surface area contributed by atoms with Gasteiger partial charge >= 0.3 is 0 Å². The molecule has 4 rings (SSSR count). The van der Waals surface area contributed by atoms with E-state index in [4.69, 9.17) is 0 Å². The Morgan fingerprint density at radius 2 is 1.67 bits per heavy atom. The first kappa shape index (κ1) is 12.5. The van der Waals surface area contributed by atoms with Crippen LogP contribution in [0.5, 0.6) is 0 Å². The number of carbonyl (C=O) groups is 1. The van der Waals surface area contributed by atoms with Crippen LogP contribution in [0.4, 0.5) is 0 Å². The largest absolute Gasteiger partial charge is 0.353 e. The Morgan fingerprint density at radius 3 is 2.22 bits per heavy atom. The van der Waals surface area contributed by atoms with Gasteiger partial charge in [-0.25, -0.2) is 0 Å². The van der Waals surface area contributed by atoms with Crippen LogP contribution >= 0.6 is 0 Å². The van der Waals surface area contributed by atoms with Gasteiger partial charge in [-0.05, 0) is 75.8 Å². The number of nitrogens with one attached hydrogen (secondary N) is 2. The summed E-state index contributed by atoms with van der Waals surface area (Å²) in [6, 6.07) is 0.514. The average Bonchev–Trinajstić information content (AvgIpc) is 2.33.